The molecule has 4 aliphatic carbocycles. The molecule has 0 amide bonds. The number of hydrogen-bond acceptors (Lipinski definition) is 4. The molecule has 4 aliphatic rings. The van der Waals surface area contributed by atoms with E-state index in [4.69, 9.17) is 0 Å². The number of fused-ring (bicyclic) bond motifs is 2. The summed E-state index contributed by atoms with van der Waals surface area (Å²) in [6.45, 7) is 0. The maximum Gasteiger partial charge on any atom is 0.0652 e. The second kappa shape index (κ2) is 12.2. The van der Waals surface area contributed by atoms with E-state index in [0.717, 1.165) is 10.6 Å². The van der Waals surface area contributed by atoms with Gasteiger partial charge in [-0.05, 0) is 83.8 Å². The Morgan fingerprint density at radius 1 is 0.737 bits per heavy atom. The van der Waals surface area contributed by atoms with E-state index in [-0.39, 0.29) is 49.1 Å². The van der Waals surface area contributed by atoms with E-state index in [2.05, 4.69) is 29.2 Å². The van der Waals surface area contributed by atoms with Gasteiger partial charge in [0, 0.05) is 37.9 Å². The number of rotatable bonds is 1. The van der Waals surface area contributed by atoms with Crippen molar-refractivity contribution < 1.29 is 30.3 Å². The summed E-state index contributed by atoms with van der Waals surface area (Å²) < 4.78 is 1.26. The minimum atomic E-state index is -0.236. The fourth-order valence-corrected chi connectivity index (χ4v) is 9.39. The van der Waals surface area contributed by atoms with E-state index in [1.807, 2.05) is 30.5 Å². The maximum atomic E-state index is 11.3. The van der Waals surface area contributed by atoms with Gasteiger partial charge in [0.2, 0.25) is 0 Å². The third kappa shape index (κ3) is 5.44. The average molecular weight is 709 g/mol. The second-order valence-corrected chi connectivity index (χ2v) is 13.5. The Balaban J connectivity index is 0.000000161. The molecule has 4 fully saturated rings. The van der Waals surface area contributed by atoms with Crippen molar-refractivity contribution in [2.24, 2.45) is 22.7 Å². The third-order valence-corrected chi connectivity index (χ3v) is 11.6. The third-order valence-electron chi connectivity index (χ3n) is 10.5. The van der Waals surface area contributed by atoms with Gasteiger partial charge >= 0.3 is 0 Å². The van der Waals surface area contributed by atoms with E-state index in [9.17, 15) is 10.2 Å². The van der Waals surface area contributed by atoms with Gasteiger partial charge in [0.15, 0.2) is 0 Å². The van der Waals surface area contributed by atoms with E-state index in [1.54, 1.807) is 11.3 Å². The van der Waals surface area contributed by atoms with Gasteiger partial charge in [-0.2, -0.15) is 0 Å². The maximum absolute atomic E-state index is 11.3. The molecule has 0 bridgehead atoms. The monoisotopic (exact) mass is 709 g/mol. The summed E-state index contributed by atoms with van der Waals surface area (Å²) >= 11 is 1.73. The van der Waals surface area contributed by atoms with Gasteiger partial charge in [-0.3, -0.25) is 0 Å². The quantitative estimate of drug-likeness (QED) is 0.251. The van der Waals surface area contributed by atoms with Crippen LogP contribution in [0.4, 0.5) is 0 Å². The number of thiophene rings is 1. The predicted molar refractivity (Wildman–Crippen MR) is 152 cm³/mol. The number of aliphatic hydroxyl groups is 2. The van der Waals surface area contributed by atoms with Gasteiger partial charge in [0.05, 0.1) is 12.2 Å². The summed E-state index contributed by atoms with van der Waals surface area (Å²) in [5, 5.41) is 23.8. The molecule has 3 nitrogen and oxygen atoms in total. The van der Waals surface area contributed by atoms with Gasteiger partial charge in [-0.1, -0.05) is 62.8 Å². The van der Waals surface area contributed by atoms with Crippen molar-refractivity contribution >= 4 is 21.4 Å². The molecule has 2 unspecified atom stereocenters. The molecule has 38 heavy (non-hydrogen) atoms. The fraction of sp³-hybridized carbons (Fsp3) is 0.606. The van der Waals surface area contributed by atoms with Crippen LogP contribution in [0.2, 0.25) is 0 Å². The van der Waals surface area contributed by atoms with Gasteiger partial charge in [0.25, 0.3) is 0 Å². The van der Waals surface area contributed by atoms with Gasteiger partial charge in [0.1, 0.15) is 0 Å². The van der Waals surface area contributed by atoms with Crippen LogP contribution in [-0.2, 0) is 20.1 Å². The summed E-state index contributed by atoms with van der Waals surface area (Å²) in [7, 11) is 0. The number of benzene rings is 1. The van der Waals surface area contributed by atoms with Crippen LogP contribution >= 0.6 is 11.3 Å². The molecule has 207 valence electrons. The number of pyridine rings is 1. The number of aliphatic hydroxyl groups excluding tert-OH is 2. The fourth-order valence-electron chi connectivity index (χ4n) is 8.41. The topological polar surface area (TPSA) is 53.4 Å². The number of nitrogens with zero attached hydrogens (tertiary/aromatic N) is 1. The zero-order valence-corrected chi connectivity index (χ0v) is 25.6. The Labute approximate surface area is 245 Å². The first-order valence-corrected chi connectivity index (χ1v) is 15.6. The summed E-state index contributed by atoms with van der Waals surface area (Å²) in [5.74, 6) is 0.767. The van der Waals surface area contributed by atoms with Gasteiger partial charge < -0.3 is 15.2 Å². The number of aromatic nitrogens is 1. The normalized spacial score (nSPS) is 29.6. The van der Waals surface area contributed by atoms with Gasteiger partial charge in [-0.25, -0.2) is 11.3 Å². The molecular weight excluding hydrogens is 667 g/mol. The second-order valence-electron chi connectivity index (χ2n) is 12.4. The van der Waals surface area contributed by atoms with E-state index in [0.29, 0.717) is 5.92 Å². The van der Waals surface area contributed by atoms with Crippen molar-refractivity contribution in [2.75, 3.05) is 0 Å². The molecular formula is C33H42IrNO2S-. The Kier molecular flexibility index (Phi) is 9.12. The standard InChI is InChI=1S/C20H34O2.C13H8NS.Ir/c21-17-16-15(7-13-19(17)9-3-1-4-10-19)8-14-20(18(16)22)11-5-2-6-12-20;1-2-7-12-10(5-1)9-13(15-12)11-6-3-4-8-14-11;/h15-18,21-22H,1-14H2;1-8H;/q;-1;. The van der Waals surface area contributed by atoms with Crippen LogP contribution in [-0.4, -0.2) is 27.4 Å². The van der Waals surface area contributed by atoms with Crippen LogP contribution in [0.3, 0.4) is 0 Å². The van der Waals surface area contributed by atoms with E-state index in [1.165, 1.54) is 100.0 Å². The van der Waals surface area contributed by atoms with Crippen LogP contribution in [0.15, 0.2) is 48.7 Å². The molecule has 2 aromatic heterocycles. The smallest absolute Gasteiger partial charge is 0.0652 e. The van der Waals surface area contributed by atoms with Crippen molar-refractivity contribution in [3.8, 4) is 10.6 Å². The summed E-state index contributed by atoms with van der Waals surface area (Å²) in [6, 6.07) is 17.6. The van der Waals surface area contributed by atoms with Crippen molar-refractivity contribution in [3.05, 3.63) is 54.7 Å². The Morgan fingerprint density at radius 3 is 1.87 bits per heavy atom. The molecule has 4 saturated carbocycles. The van der Waals surface area contributed by atoms with Crippen molar-refractivity contribution in [2.45, 2.75) is 102 Å². The van der Waals surface area contributed by atoms with Crippen molar-refractivity contribution in [1.82, 2.24) is 4.98 Å². The summed E-state index contributed by atoms with van der Waals surface area (Å²) in [4.78, 5) is 5.43. The molecule has 0 aliphatic heterocycles. The van der Waals surface area contributed by atoms with Crippen molar-refractivity contribution in [1.29, 1.82) is 0 Å². The molecule has 7 rings (SSSR count). The summed E-state index contributed by atoms with van der Waals surface area (Å²) in [5.41, 5.74) is 1.32. The minimum Gasteiger partial charge on any atom is -0.392 e. The molecule has 2 atom stereocenters. The SMILES string of the molecule is OC1C2C(CCC13CCCCC3)CCC1(CCCCC1)C2O.[Ir].[c-]1c(-c2ccccn2)sc2ccccc12. The van der Waals surface area contributed by atoms with Gasteiger partial charge in [-0.15, -0.1) is 23.6 Å². The van der Waals surface area contributed by atoms with E-state index >= 15 is 0 Å². The first-order chi connectivity index (χ1) is 18.1. The Bertz CT molecular complexity index is 1100. The molecule has 1 aromatic carbocycles. The van der Waals surface area contributed by atoms with Crippen LogP contribution in [0.25, 0.3) is 20.7 Å². The zero-order chi connectivity index (χ0) is 25.3. The number of hydrogen-bond donors (Lipinski definition) is 2. The first-order valence-electron chi connectivity index (χ1n) is 14.8. The van der Waals surface area contributed by atoms with Crippen LogP contribution in [0.5, 0.6) is 0 Å². The van der Waals surface area contributed by atoms with Crippen LogP contribution in [0, 0.1) is 28.7 Å². The Morgan fingerprint density at radius 2 is 1.32 bits per heavy atom. The molecule has 3 aromatic rings. The van der Waals surface area contributed by atoms with E-state index < -0.39 is 0 Å². The van der Waals surface area contributed by atoms with Crippen LogP contribution < -0.4 is 0 Å². The minimum absolute atomic E-state index is 0. The molecule has 2 N–H and O–H groups in total. The predicted octanol–water partition coefficient (Wildman–Crippen LogP) is 8.19. The Hall–Kier alpha value is -1.10. The molecule has 2 spiro atoms. The molecule has 1 radical (unpaired) electrons. The molecule has 2 heterocycles. The average Bonchev–Trinajstić information content (AvgIpc) is 3.40. The molecule has 5 heteroatoms. The van der Waals surface area contributed by atoms with Crippen LogP contribution in [0.1, 0.15) is 89.9 Å². The summed E-state index contributed by atoms with van der Waals surface area (Å²) in [6.07, 6.45) is 19.0. The molecule has 0 saturated heterocycles. The first kappa shape index (κ1) is 28.4. The van der Waals surface area contributed by atoms with Crippen molar-refractivity contribution in [3.63, 3.8) is 0 Å². The zero-order valence-electron chi connectivity index (χ0n) is 22.4. The largest absolute Gasteiger partial charge is 0.392 e.